The minimum absolute atomic E-state index is 0.164. The van der Waals surface area contributed by atoms with Crippen molar-refractivity contribution in [3.63, 3.8) is 0 Å². The van der Waals surface area contributed by atoms with Gasteiger partial charge in [0.2, 0.25) is 11.8 Å². The van der Waals surface area contributed by atoms with Crippen LogP contribution in [0.1, 0.15) is 49.4 Å². The van der Waals surface area contributed by atoms with Gasteiger partial charge in [-0.3, -0.25) is 14.4 Å². The van der Waals surface area contributed by atoms with E-state index in [4.69, 9.17) is 0 Å². The fourth-order valence-electron chi connectivity index (χ4n) is 2.66. The van der Waals surface area contributed by atoms with Gasteiger partial charge in [0.15, 0.2) is 5.78 Å². The molecule has 1 saturated carbocycles. The Hall–Kier alpha value is -2.43. The van der Waals surface area contributed by atoms with Crippen LogP contribution in [-0.4, -0.2) is 23.6 Å². The Morgan fingerprint density at radius 3 is 2.26 bits per heavy atom. The zero-order chi connectivity index (χ0) is 16.7. The molecule has 0 aromatic heterocycles. The van der Waals surface area contributed by atoms with Gasteiger partial charge < -0.3 is 10.6 Å². The highest BCUT2D eigenvalue weighted by Crippen LogP contribution is 2.17. The lowest BCUT2D eigenvalue weighted by atomic mass is 9.95. The molecule has 0 atom stereocenters. The molecule has 0 saturated heterocycles. The van der Waals surface area contributed by atoms with Crippen molar-refractivity contribution in [2.24, 2.45) is 0 Å². The van der Waals surface area contributed by atoms with E-state index in [1.807, 2.05) is 0 Å². The maximum Gasteiger partial charge on any atom is 0.244 e. The van der Waals surface area contributed by atoms with Crippen LogP contribution < -0.4 is 10.6 Å². The molecule has 2 rings (SSSR count). The van der Waals surface area contributed by atoms with E-state index in [2.05, 4.69) is 10.6 Å². The lowest BCUT2D eigenvalue weighted by Crippen LogP contribution is -2.35. The number of hydrogen-bond donors (Lipinski definition) is 2. The Labute approximate surface area is 136 Å². The SMILES string of the molecule is CC(=O)Nc1ccc(C(=O)/C=C/C(=O)NC2CCCCC2)cc1. The van der Waals surface area contributed by atoms with Crippen LogP contribution in [0.3, 0.4) is 0 Å². The molecule has 1 aromatic carbocycles. The third kappa shape index (κ3) is 5.70. The molecule has 5 heteroatoms. The van der Waals surface area contributed by atoms with Crippen molar-refractivity contribution in [3.05, 3.63) is 42.0 Å². The second kappa shape index (κ2) is 8.27. The minimum atomic E-state index is -0.238. The number of rotatable bonds is 5. The van der Waals surface area contributed by atoms with Gasteiger partial charge in [-0.25, -0.2) is 0 Å². The van der Waals surface area contributed by atoms with Crippen LogP contribution in [0.2, 0.25) is 0 Å². The maximum atomic E-state index is 12.0. The Morgan fingerprint density at radius 2 is 1.65 bits per heavy atom. The lowest BCUT2D eigenvalue weighted by molar-refractivity contribution is -0.117. The van der Waals surface area contributed by atoms with Crippen LogP contribution in [0.15, 0.2) is 36.4 Å². The molecule has 0 radical (unpaired) electrons. The first-order valence-electron chi connectivity index (χ1n) is 7.95. The monoisotopic (exact) mass is 314 g/mol. The fourth-order valence-corrected chi connectivity index (χ4v) is 2.66. The fraction of sp³-hybridized carbons (Fsp3) is 0.389. The van der Waals surface area contributed by atoms with Gasteiger partial charge in [0.1, 0.15) is 0 Å². The van der Waals surface area contributed by atoms with E-state index >= 15 is 0 Å². The summed E-state index contributed by atoms with van der Waals surface area (Å²) < 4.78 is 0. The molecule has 2 amide bonds. The first-order chi connectivity index (χ1) is 11.0. The largest absolute Gasteiger partial charge is 0.350 e. The molecule has 2 N–H and O–H groups in total. The van der Waals surface area contributed by atoms with E-state index in [1.54, 1.807) is 24.3 Å². The van der Waals surface area contributed by atoms with Crippen molar-refractivity contribution in [1.82, 2.24) is 5.32 Å². The highest BCUT2D eigenvalue weighted by Gasteiger charge is 2.14. The van der Waals surface area contributed by atoms with Gasteiger partial charge in [0, 0.05) is 30.3 Å². The highest BCUT2D eigenvalue weighted by molar-refractivity contribution is 6.07. The molecule has 5 nitrogen and oxygen atoms in total. The predicted octanol–water partition coefficient (Wildman–Crippen LogP) is 2.83. The third-order valence-corrected chi connectivity index (χ3v) is 3.83. The second-order valence-corrected chi connectivity index (χ2v) is 5.80. The van der Waals surface area contributed by atoms with Crippen molar-refractivity contribution < 1.29 is 14.4 Å². The molecule has 122 valence electrons. The average Bonchev–Trinajstić information content (AvgIpc) is 2.54. The Morgan fingerprint density at radius 1 is 1.00 bits per heavy atom. The Balaban J connectivity index is 1.87. The summed E-state index contributed by atoms with van der Waals surface area (Å²) in [5.41, 5.74) is 1.11. The number of ketones is 1. The summed E-state index contributed by atoms with van der Waals surface area (Å²) in [5, 5.41) is 5.57. The number of allylic oxidation sites excluding steroid dienone is 1. The number of anilines is 1. The molecule has 0 bridgehead atoms. The van der Waals surface area contributed by atoms with Crippen LogP contribution in [0.4, 0.5) is 5.69 Å². The highest BCUT2D eigenvalue weighted by atomic mass is 16.2. The van der Waals surface area contributed by atoms with Crippen molar-refractivity contribution in [3.8, 4) is 0 Å². The summed E-state index contributed by atoms with van der Waals surface area (Å²) in [6, 6.07) is 6.79. The second-order valence-electron chi connectivity index (χ2n) is 5.80. The minimum Gasteiger partial charge on any atom is -0.350 e. The smallest absolute Gasteiger partial charge is 0.244 e. The summed E-state index contributed by atoms with van der Waals surface area (Å²) >= 11 is 0. The number of carbonyl (C=O) groups excluding carboxylic acids is 3. The van der Waals surface area contributed by atoms with Gasteiger partial charge in [-0.1, -0.05) is 19.3 Å². The van der Waals surface area contributed by atoms with Crippen LogP contribution >= 0.6 is 0 Å². The standard InChI is InChI=1S/C18H22N2O3/c1-13(21)19-16-9-7-14(8-10-16)17(22)11-12-18(23)20-15-5-3-2-4-6-15/h7-12,15H,2-6H2,1H3,(H,19,21)(H,20,23)/b12-11+. The van der Waals surface area contributed by atoms with Gasteiger partial charge in [-0.2, -0.15) is 0 Å². The first kappa shape index (κ1) is 16.9. The molecular formula is C18H22N2O3. The van der Waals surface area contributed by atoms with Crippen LogP contribution in [-0.2, 0) is 9.59 Å². The van der Waals surface area contributed by atoms with Gasteiger partial charge in [-0.05, 0) is 43.2 Å². The molecule has 0 heterocycles. The Kier molecular flexibility index (Phi) is 6.09. The van der Waals surface area contributed by atoms with E-state index in [0.717, 1.165) is 25.7 Å². The molecule has 1 aromatic rings. The van der Waals surface area contributed by atoms with Gasteiger partial charge in [0.25, 0.3) is 0 Å². The van der Waals surface area contributed by atoms with Crippen molar-refractivity contribution in [2.45, 2.75) is 45.1 Å². The number of amides is 2. The topological polar surface area (TPSA) is 75.3 Å². The van der Waals surface area contributed by atoms with E-state index in [9.17, 15) is 14.4 Å². The summed E-state index contributed by atoms with van der Waals surface area (Å²) in [6.45, 7) is 1.42. The van der Waals surface area contributed by atoms with Crippen LogP contribution in [0.5, 0.6) is 0 Å². The summed E-state index contributed by atoms with van der Waals surface area (Å²) in [5.74, 6) is -0.623. The third-order valence-electron chi connectivity index (χ3n) is 3.83. The molecule has 0 aliphatic heterocycles. The number of nitrogens with one attached hydrogen (secondary N) is 2. The van der Waals surface area contributed by atoms with Gasteiger partial charge in [-0.15, -0.1) is 0 Å². The van der Waals surface area contributed by atoms with Crippen molar-refractivity contribution in [2.75, 3.05) is 5.32 Å². The molecule has 1 fully saturated rings. The molecular weight excluding hydrogens is 292 g/mol. The van der Waals surface area contributed by atoms with Crippen LogP contribution in [0.25, 0.3) is 0 Å². The Bertz CT molecular complexity index is 599. The summed E-state index contributed by atoms with van der Waals surface area (Å²) in [7, 11) is 0. The average molecular weight is 314 g/mol. The van der Waals surface area contributed by atoms with E-state index in [-0.39, 0.29) is 23.6 Å². The number of hydrogen-bond acceptors (Lipinski definition) is 3. The molecule has 0 unspecified atom stereocenters. The molecule has 0 spiro atoms. The van der Waals surface area contributed by atoms with Crippen molar-refractivity contribution in [1.29, 1.82) is 0 Å². The quantitative estimate of drug-likeness (QED) is 0.648. The van der Waals surface area contributed by atoms with Crippen LogP contribution in [0, 0.1) is 0 Å². The zero-order valence-electron chi connectivity index (χ0n) is 13.3. The normalized spacial score (nSPS) is 15.3. The van der Waals surface area contributed by atoms with Gasteiger partial charge >= 0.3 is 0 Å². The lowest BCUT2D eigenvalue weighted by Gasteiger charge is -2.21. The van der Waals surface area contributed by atoms with E-state index in [1.165, 1.54) is 25.5 Å². The van der Waals surface area contributed by atoms with E-state index in [0.29, 0.717) is 11.3 Å². The van der Waals surface area contributed by atoms with E-state index < -0.39 is 0 Å². The number of carbonyl (C=O) groups is 3. The number of benzene rings is 1. The maximum absolute atomic E-state index is 12.0. The molecule has 23 heavy (non-hydrogen) atoms. The summed E-state index contributed by atoms with van der Waals surface area (Å²) in [6.07, 6.45) is 8.12. The first-order valence-corrected chi connectivity index (χ1v) is 7.95. The molecule has 1 aliphatic carbocycles. The van der Waals surface area contributed by atoms with Gasteiger partial charge in [0.05, 0.1) is 0 Å². The predicted molar refractivity (Wildman–Crippen MR) is 89.2 cm³/mol. The molecule has 1 aliphatic rings. The zero-order valence-corrected chi connectivity index (χ0v) is 13.3. The van der Waals surface area contributed by atoms with Crippen molar-refractivity contribution >= 4 is 23.3 Å². The summed E-state index contributed by atoms with van der Waals surface area (Å²) in [4.78, 5) is 34.8.